The average molecular weight is 426 g/mol. The number of halogens is 2. The van der Waals surface area contributed by atoms with Crippen molar-refractivity contribution in [2.24, 2.45) is 0 Å². The molecule has 0 aliphatic carbocycles. The van der Waals surface area contributed by atoms with E-state index < -0.39 is 5.34 Å². The van der Waals surface area contributed by atoms with Crippen LogP contribution in [0, 0.1) is 0 Å². The molecule has 0 bridgehead atoms. The lowest BCUT2D eigenvalue weighted by molar-refractivity contribution is -0.155. The van der Waals surface area contributed by atoms with E-state index in [9.17, 15) is 8.96 Å². The van der Waals surface area contributed by atoms with Crippen molar-refractivity contribution in [3.8, 4) is 0 Å². The van der Waals surface area contributed by atoms with Crippen molar-refractivity contribution < 1.29 is 8.96 Å². The van der Waals surface area contributed by atoms with Crippen LogP contribution in [0.3, 0.4) is 0 Å². The Labute approximate surface area is 186 Å². The molecule has 0 rings (SSSR count). The standard InChI is InChI=1S/C17H39B3F2N8/c1-23-4-6-26(9-8-25(3)18)10-15-29(20)16-12-27(13-17-30(21)22)11-14-28(19)7-5-24-2/h23-24H,4-17H2,1-3H3. The molecule has 0 aromatic carbocycles. The first-order chi connectivity index (χ1) is 14.3. The molecule has 0 aliphatic heterocycles. The minimum Gasteiger partial charge on any atom is -0.355 e. The lowest BCUT2D eigenvalue weighted by Gasteiger charge is -2.30. The highest BCUT2D eigenvalue weighted by molar-refractivity contribution is 6.04. The van der Waals surface area contributed by atoms with Crippen LogP contribution < -0.4 is 10.6 Å². The van der Waals surface area contributed by atoms with Gasteiger partial charge in [-0.1, -0.05) is 0 Å². The molecule has 0 aliphatic rings. The fourth-order valence-corrected chi connectivity index (χ4v) is 2.75. The van der Waals surface area contributed by atoms with Crippen molar-refractivity contribution in [1.29, 1.82) is 0 Å². The largest absolute Gasteiger partial charge is 0.355 e. The van der Waals surface area contributed by atoms with Crippen LogP contribution >= 0.6 is 0 Å². The Morgan fingerprint density at radius 1 is 0.567 bits per heavy atom. The Hall–Kier alpha value is -0.265. The summed E-state index contributed by atoms with van der Waals surface area (Å²) in [5.74, 6) is 0. The van der Waals surface area contributed by atoms with Crippen molar-refractivity contribution in [3.63, 3.8) is 0 Å². The maximum atomic E-state index is 12.5. The number of rotatable bonds is 21. The summed E-state index contributed by atoms with van der Waals surface area (Å²) in [5, 5.41) is 5.40. The van der Waals surface area contributed by atoms with Crippen LogP contribution in [0.1, 0.15) is 0 Å². The van der Waals surface area contributed by atoms with E-state index in [1.807, 2.05) is 26.0 Å². The van der Waals surface area contributed by atoms with E-state index in [-0.39, 0.29) is 13.1 Å². The fourth-order valence-electron chi connectivity index (χ4n) is 2.75. The molecule has 8 nitrogen and oxygen atoms in total. The Morgan fingerprint density at radius 2 is 0.967 bits per heavy atom. The molecular formula is C17H39B3F2N8. The lowest BCUT2D eigenvalue weighted by Crippen LogP contribution is -2.44. The number of hydrogen-bond donors (Lipinski definition) is 2. The first kappa shape index (κ1) is 29.7. The summed E-state index contributed by atoms with van der Waals surface area (Å²) < 4.78 is 25.0. The highest BCUT2D eigenvalue weighted by Gasteiger charge is 2.12. The predicted octanol–water partition coefficient (Wildman–Crippen LogP) is -2.11. The van der Waals surface area contributed by atoms with Gasteiger partial charge in [0.25, 0.3) is 0 Å². The Bertz CT molecular complexity index is 389. The second-order valence-corrected chi connectivity index (χ2v) is 7.47. The second-order valence-electron chi connectivity index (χ2n) is 7.47. The van der Waals surface area contributed by atoms with Crippen LogP contribution in [0.5, 0.6) is 0 Å². The molecule has 0 amide bonds. The van der Waals surface area contributed by atoms with Crippen LogP contribution in [0.4, 0.5) is 8.96 Å². The van der Waals surface area contributed by atoms with E-state index in [1.165, 1.54) is 0 Å². The van der Waals surface area contributed by atoms with Gasteiger partial charge in [0.1, 0.15) is 0 Å². The first-order valence-electron chi connectivity index (χ1n) is 10.6. The number of likely N-dealkylation sites (N-methyl/N-ethyl adjacent to an activating group) is 3. The van der Waals surface area contributed by atoms with Gasteiger partial charge >= 0.3 is 0 Å². The number of nitrogens with one attached hydrogen (secondary N) is 2. The zero-order valence-electron chi connectivity index (χ0n) is 19.1. The topological polar surface area (TPSA) is 43.5 Å². The van der Waals surface area contributed by atoms with Gasteiger partial charge in [0.15, 0.2) is 23.9 Å². The van der Waals surface area contributed by atoms with Gasteiger partial charge in [-0.15, -0.1) is 8.96 Å². The van der Waals surface area contributed by atoms with Gasteiger partial charge < -0.3 is 25.1 Å². The predicted molar refractivity (Wildman–Crippen MR) is 123 cm³/mol. The lowest BCUT2D eigenvalue weighted by atomic mass is 10.2. The van der Waals surface area contributed by atoms with Crippen LogP contribution in [0.15, 0.2) is 0 Å². The molecule has 6 radical (unpaired) electrons. The van der Waals surface area contributed by atoms with Crippen molar-refractivity contribution in [1.82, 2.24) is 40.2 Å². The molecule has 13 heteroatoms. The molecule has 0 saturated heterocycles. The van der Waals surface area contributed by atoms with E-state index in [0.29, 0.717) is 39.3 Å². The van der Waals surface area contributed by atoms with E-state index in [4.69, 9.17) is 23.9 Å². The van der Waals surface area contributed by atoms with Crippen molar-refractivity contribution >= 4 is 23.9 Å². The zero-order valence-corrected chi connectivity index (χ0v) is 19.1. The Morgan fingerprint density at radius 3 is 1.43 bits per heavy atom. The van der Waals surface area contributed by atoms with Crippen LogP contribution in [0.25, 0.3) is 0 Å². The third kappa shape index (κ3) is 18.5. The molecular weight excluding hydrogens is 387 g/mol. The maximum Gasteiger partial charge on any atom is 0.182 e. The summed E-state index contributed by atoms with van der Waals surface area (Å²) in [5.41, 5.74) is 0. The summed E-state index contributed by atoms with van der Waals surface area (Å²) in [6.45, 7) is 8.77. The molecule has 0 aromatic heterocycles. The zero-order chi connectivity index (χ0) is 22.8. The Kier molecular flexibility index (Phi) is 19.3. The van der Waals surface area contributed by atoms with Gasteiger partial charge in [-0.3, -0.25) is 9.80 Å². The molecule has 0 spiro atoms. The molecule has 170 valence electrons. The van der Waals surface area contributed by atoms with Crippen molar-refractivity contribution in [3.05, 3.63) is 0 Å². The second kappa shape index (κ2) is 19.4. The molecule has 30 heavy (non-hydrogen) atoms. The monoisotopic (exact) mass is 426 g/mol. The van der Waals surface area contributed by atoms with E-state index >= 15 is 0 Å². The van der Waals surface area contributed by atoms with Gasteiger partial charge in [-0.2, -0.15) is 0 Å². The molecule has 0 fully saturated rings. The highest BCUT2D eigenvalue weighted by Crippen LogP contribution is 1.97. The summed E-state index contributed by atoms with van der Waals surface area (Å²) >= 11 is 0. The van der Waals surface area contributed by atoms with Crippen LogP contribution in [-0.4, -0.2) is 166 Å². The maximum absolute atomic E-state index is 12.5. The molecule has 0 atom stereocenters. The summed E-state index contributed by atoms with van der Waals surface area (Å²) in [7, 11) is 23.4. The fraction of sp³-hybridized carbons (Fsp3) is 1.00. The smallest absolute Gasteiger partial charge is 0.182 e. The van der Waals surface area contributed by atoms with E-state index in [0.717, 1.165) is 39.3 Å². The highest BCUT2D eigenvalue weighted by atomic mass is 19.4. The van der Waals surface area contributed by atoms with Crippen molar-refractivity contribution in [2.45, 2.75) is 0 Å². The minimum absolute atomic E-state index is 0.262. The summed E-state index contributed by atoms with van der Waals surface area (Å²) in [6.07, 6.45) is 0. The average Bonchev–Trinajstić information content (AvgIpc) is 2.70. The van der Waals surface area contributed by atoms with Crippen LogP contribution in [0.2, 0.25) is 0 Å². The molecule has 0 aromatic rings. The number of nitrogens with zero attached hydrogens (tertiary/aromatic N) is 6. The summed E-state index contributed by atoms with van der Waals surface area (Å²) in [6, 6.07) is 0. The first-order valence-corrected chi connectivity index (χ1v) is 10.6. The van der Waals surface area contributed by atoms with Gasteiger partial charge in [0.2, 0.25) is 0 Å². The third-order valence-electron chi connectivity index (χ3n) is 4.79. The van der Waals surface area contributed by atoms with Gasteiger partial charge in [0, 0.05) is 57.7 Å². The molecule has 0 heterocycles. The minimum atomic E-state index is -0.789. The molecule has 0 unspecified atom stereocenters. The molecule has 2 N–H and O–H groups in total. The summed E-state index contributed by atoms with van der Waals surface area (Å²) in [4.78, 5) is 9.37. The van der Waals surface area contributed by atoms with Gasteiger partial charge in [-0.25, -0.2) is 0 Å². The van der Waals surface area contributed by atoms with Crippen LogP contribution in [-0.2, 0) is 0 Å². The third-order valence-corrected chi connectivity index (χ3v) is 4.79. The number of hydrogen-bond acceptors (Lipinski definition) is 8. The Balaban J connectivity index is 4.38. The SMILES string of the molecule is [B]N(C)CCN(CCNC)CCN([B])CCN(CCN(F)F)CCN([B])CCNC. The van der Waals surface area contributed by atoms with Crippen molar-refractivity contribution in [2.75, 3.05) is 113 Å². The van der Waals surface area contributed by atoms with E-state index in [1.54, 1.807) is 14.4 Å². The quantitative estimate of drug-likeness (QED) is 0.160. The molecule has 0 saturated carbocycles. The van der Waals surface area contributed by atoms with Gasteiger partial charge in [-0.05, 0) is 53.9 Å². The van der Waals surface area contributed by atoms with E-state index in [2.05, 4.69) is 15.5 Å². The van der Waals surface area contributed by atoms with Gasteiger partial charge in [0.05, 0.1) is 6.54 Å². The normalized spacial score (nSPS) is 12.5.